The quantitative estimate of drug-likeness (QED) is 0.622. The van der Waals surface area contributed by atoms with E-state index in [2.05, 4.69) is 19.9 Å². The van der Waals surface area contributed by atoms with Crippen molar-refractivity contribution >= 4 is 5.91 Å². The molecule has 3 atom stereocenters. The SMILES string of the molecule is Cc1ccc(-c2ncccn2)c(C(=O)N2C3CC[C@H]2CCC3COc2ccccn2)c1. The number of hydrogen-bond donors (Lipinski definition) is 0. The normalized spacial score (nSPS) is 22.4. The number of hydrogen-bond acceptors (Lipinski definition) is 5. The standard InChI is InChI=1S/C25H26N4O2/c1-17-6-10-20(24-27-13-4-14-28-24)21(15-17)25(30)29-19-8-7-18(22(29)11-9-19)16-31-23-5-2-3-12-26-23/h2-6,10,12-15,18-19,22H,7-9,11,16H2,1H3/t18?,19-,22?/m1/s1. The number of rotatable bonds is 5. The number of amides is 1. The lowest BCUT2D eigenvalue weighted by atomic mass is 9.89. The van der Waals surface area contributed by atoms with Crippen LogP contribution >= 0.6 is 0 Å². The predicted molar refractivity (Wildman–Crippen MR) is 118 cm³/mol. The molecule has 2 aromatic heterocycles. The van der Waals surface area contributed by atoms with Crippen LogP contribution in [0, 0.1) is 12.8 Å². The summed E-state index contributed by atoms with van der Waals surface area (Å²) in [6.07, 6.45) is 9.34. The molecule has 0 N–H and O–H groups in total. The van der Waals surface area contributed by atoms with E-state index in [4.69, 9.17) is 4.74 Å². The topological polar surface area (TPSA) is 68.2 Å². The maximum absolute atomic E-state index is 13.8. The van der Waals surface area contributed by atoms with Gasteiger partial charge in [0.15, 0.2) is 5.82 Å². The van der Waals surface area contributed by atoms with Crippen molar-refractivity contribution in [2.24, 2.45) is 5.92 Å². The third kappa shape index (κ3) is 3.90. The monoisotopic (exact) mass is 414 g/mol. The van der Waals surface area contributed by atoms with Crippen LogP contribution in [0.2, 0.25) is 0 Å². The molecule has 0 radical (unpaired) electrons. The van der Waals surface area contributed by atoms with Crippen LogP contribution in [0.3, 0.4) is 0 Å². The fourth-order valence-electron chi connectivity index (χ4n) is 5.00. The number of piperidine rings is 1. The fourth-order valence-corrected chi connectivity index (χ4v) is 5.00. The number of fused-ring (bicyclic) bond motifs is 2. The summed E-state index contributed by atoms with van der Waals surface area (Å²) in [6.45, 7) is 2.60. The number of nitrogens with zero attached hydrogens (tertiary/aromatic N) is 4. The molecule has 1 aromatic carbocycles. The van der Waals surface area contributed by atoms with Crippen LogP contribution in [-0.2, 0) is 0 Å². The maximum atomic E-state index is 13.8. The van der Waals surface area contributed by atoms with Crippen molar-refractivity contribution in [1.82, 2.24) is 19.9 Å². The van der Waals surface area contributed by atoms with Crippen LogP contribution in [0.15, 0.2) is 61.1 Å². The minimum atomic E-state index is 0.0844. The molecule has 0 aliphatic carbocycles. The average molecular weight is 415 g/mol. The largest absolute Gasteiger partial charge is 0.477 e. The summed E-state index contributed by atoms with van der Waals surface area (Å²) >= 11 is 0. The maximum Gasteiger partial charge on any atom is 0.255 e. The fraction of sp³-hybridized carbons (Fsp3) is 0.360. The summed E-state index contributed by atoms with van der Waals surface area (Å²) in [7, 11) is 0. The molecule has 6 nitrogen and oxygen atoms in total. The molecule has 31 heavy (non-hydrogen) atoms. The molecule has 0 spiro atoms. The highest BCUT2D eigenvalue weighted by molar-refractivity contribution is 6.01. The van der Waals surface area contributed by atoms with Gasteiger partial charge in [-0.1, -0.05) is 23.8 Å². The Morgan fingerprint density at radius 1 is 1.00 bits per heavy atom. The van der Waals surface area contributed by atoms with E-state index in [0.29, 0.717) is 35.8 Å². The van der Waals surface area contributed by atoms with Crippen LogP contribution in [-0.4, -0.2) is 44.4 Å². The van der Waals surface area contributed by atoms with E-state index < -0.39 is 0 Å². The number of pyridine rings is 1. The third-order valence-electron chi connectivity index (χ3n) is 6.49. The number of benzene rings is 1. The second kappa shape index (κ2) is 8.46. The Morgan fingerprint density at radius 3 is 2.61 bits per heavy atom. The lowest BCUT2D eigenvalue weighted by molar-refractivity contribution is 0.0404. The number of ether oxygens (including phenoxy) is 1. The predicted octanol–water partition coefficient (Wildman–Crippen LogP) is 4.31. The lowest BCUT2D eigenvalue weighted by Gasteiger charge is -2.40. The molecular weight excluding hydrogens is 388 g/mol. The van der Waals surface area contributed by atoms with Crippen molar-refractivity contribution in [3.05, 3.63) is 72.2 Å². The first-order valence-electron chi connectivity index (χ1n) is 11.0. The molecule has 2 aliphatic heterocycles. The number of aryl methyl sites for hydroxylation is 1. The van der Waals surface area contributed by atoms with Gasteiger partial charge in [-0.15, -0.1) is 0 Å². The Bertz CT molecular complexity index is 1060. The molecule has 2 unspecified atom stereocenters. The van der Waals surface area contributed by atoms with Gasteiger partial charge in [-0.2, -0.15) is 0 Å². The number of carbonyl (C=O) groups is 1. The van der Waals surface area contributed by atoms with Gasteiger partial charge in [0.05, 0.1) is 12.2 Å². The van der Waals surface area contributed by atoms with Gasteiger partial charge in [-0.3, -0.25) is 4.79 Å². The number of carbonyl (C=O) groups excluding carboxylic acids is 1. The second-order valence-corrected chi connectivity index (χ2v) is 8.45. The molecule has 0 saturated carbocycles. The Balaban J connectivity index is 1.41. The minimum absolute atomic E-state index is 0.0844. The summed E-state index contributed by atoms with van der Waals surface area (Å²) < 4.78 is 5.97. The van der Waals surface area contributed by atoms with Gasteiger partial charge >= 0.3 is 0 Å². The van der Waals surface area contributed by atoms with Crippen molar-refractivity contribution in [2.75, 3.05) is 6.61 Å². The molecule has 2 aliphatic rings. The Labute approximate surface area is 182 Å². The summed E-state index contributed by atoms with van der Waals surface area (Å²) in [5, 5.41) is 0. The van der Waals surface area contributed by atoms with E-state index in [1.165, 1.54) is 0 Å². The minimum Gasteiger partial charge on any atom is -0.477 e. The zero-order valence-corrected chi connectivity index (χ0v) is 17.6. The van der Waals surface area contributed by atoms with Gasteiger partial charge in [0, 0.05) is 48.2 Å². The van der Waals surface area contributed by atoms with Crippen molar-refractivity contribution in [3.8, 4) is 17.3 Å². The first kappa shape index (κ1) is 19.7. The van der Waals surface area contributed by atoms with E-state index in [1.807, 2.05) is 43.3 Å². The molecule has 1 amide bonds. The van der Waals surface area contributed by atoms with Crippen molar-refractivity contribution in [3.63, 3.8) is 0 Å². The summed E-state index contributed by atoms with van der Waals surface area (Å²) in [5.74, 6) is 1.63. The van der Waals surface area contributed by atoms with Gasteiger partial charge in [0.2, 0.25) is 5.88 Å². The van der Waals surface area contributed by atoms with Crippen LogP contribution in [0.1, 0.15) is 41.6 Å². The highest BCUT2D eigenvalue weighted by Crippen LogP contribution is 2.41. The molecule has 2 fully saturated rings. The molecule has 2 bridgehead atoms. The van der Waals surface area contributed by atoms with E-state index in [0.717, 1.165) is 36.8 Å². The van der Waals surface area contributed by atoms with Crippen LogP contribution in [0.4, 0.5) is 0 Å². The first-order valence-corrected chi connectivity index (χ1v) is 11.0. The molecule has 2 saturated heterocycles. The van der Waals surface area contributed by atoms with Crippen molar-refractivity contribution < 1.29 is 9.53 Å². The third-order valence-corrected chi connectivity index (χ3v) is 6.49. The second-order valence-electron chi connectivity index (χ2n) is 8.45. The average Bonchev–Trinajstić information content (AvgIpc) is 3.13. The lowest BCUT2D eigenvalue weighted by Crippen LogP contribution is -2.49. The van der Waals surface area contributed by atoms with Gasteiger partial charge in [0.1, 0.15) is 0 Å². The molecule has 3 aromatic rings. The Morgan fingerprint density at radius 2 is 1.81 bits per heavy atom. The Kier molecular flexibility index (Phi) is 5.37. The zero-order valence-electron chi connectivity index (χ0n) is 17.6. The summed E-state index contributed by atoms with van der Waals surface area (Å²) in [6, 6.07) is 13.9. The van der Waals surface area contributed by atoms with Crippen LogP contribution in [0.5, 0.6) is 5.88 Å². The summed E-state index contributed by atoms with van der Waals surface area (Å²) in [5.41, 5.74) is 2.54. The van der Waals surface area contributed by atoms with Gasteiger partial charge in [-0.25, -0.2) is 15.0 Å². The Hall–Kier alpha value is -3.28. The van der Waals surface area contributed by atoms with Crippen LogP contribution < -0.4 is 4.74 Å². The molecule has 158 valence electrons. The highest BCUT2D eigenvalue weighted by atomic mass is 16.5. The van der Waals surface area contributed by atoms with Crippen LogP contribution in [0.25, 0.3) is 11.4 Å². The van der Waals surface area contributed by atoms with E-state index in [-0.39, 0.29) is 11.9 Å². The molecular formula is C25H26N4O2. The smallest absolute Gasteiger partial charge is 0.255 e. The molecule has 5 rings (SSSR count). The molecule has 4 heterocycles. The van der Waals surface area contributed by atoms with E-state index in [1.54, 1.807) is 24.7 Å². The number of aromatic nitrogens is 3. The van der Waals surface area contributed by atoms with E-state index >= 15 is 0 Å². The molecule has 6 heteroatoms. The zero-order chi connectivity index (χ0) is 21.2. The highest BCUT2D eigenvalue weighted by Gasteiger charge is 2.45. The first-order chi connectivity index (χ1) is 15.2. The summed E-state index contributed by atoms with van der Waals surface area (Å²) in [4.78, 5) is 29.0. The van der Waals surface area contributed by atoms with E-state index in [9.17, 15) is 4.79 Å². The van der Waals surface area contributed by atoms with Crippen molar-refractivity contribution in [1.29, 1.82) is 0 Å². The van der Waals surface area contributed by atoms with Gasteiger partial charge < -0.3 is 9.64 Å². The van der Waals surface area contributed by atoms with Gasteiger partial charge in [-0.05, 0) is 50.8 Å². The van der Waals surface area contributed by atoms with Crippen molar-refractivity contribution in [2.45, 2.75) is 44.7 Å². The van der Waals surface area contributed by atoms with Gasteiger partial charge in [0.25, 0.3) is 5.91 Å².